The summed E-state index contributed by atoms with van der Waals surface area (Å²) in [5, 5.41) is 3.54. The van der Waals surface area contributed by atoms with E-state index in [1.807, 2.05) is 13.8 Å². The molecule has 1 N–H and O–H groups in total. The van der Waals surface area contributed by atoms with Crippen LogP contribution in [0.1, 0.15) is 57.7 Å². The number of pyridine rings is 1. The summed E-state index contributed by atoms with van der Waals surface area (Å²) in [6, 6.07) is 4.98. The maximum Gasteiger partial charge on any atom is 0.214 e. The van der Waals surface area contributed by atoms with E-state index in [0.717, 1.165) is 24.2 Å². The Balaban J connectivity index is 2.12. The fourth-order valence-corrected chi connectivity index (χ4v) is 1.83. The number of aromatic nitrogens is 1. The molecule has 0 saturated heterocycles. The lowest BCUT2D eigenvalue weighted by molar-refractivity contribution is 0.231. The first-order chi connectivity index (χ1) is 8.54. The van der Waals surface area contributed by atoms with Crippen LogP contribution in [0.15, 0.2) is 12.1 Å². The van der Waals surface area contributed by atoms with Gasteiger partial charge < -0.3 is 10.1 Å². The fraction of sp³-hybridized carbons (Fsp3) is 0.667. The Hall–Kier alpha value is -1.09. The number of nitrogens with one attached hydrogen (secondary N) is 1. The van der Waals surface area contributed by atoms with Gasteiger partial charge in [0.2, 0.25) is 5.88 Å². The average molecular weight is 248 g/mol. The average Bonchev–Trinajstić information content (AvgIpc) is 3.08. The van der Waals surface area contributed by atoms with Gasteiger partial charge in [-0.1, -0.05) is 13.8 Å². The highest BCUT2D eigenvalue weighted by Crippen LogP contribution is 2.22. The van der Waals surface area contributed by atoms with Crippen LogP contribution in [0.4, 0.5) is 0 Å². The lowest BCUT2D eigenvalue weighted by Crippen LogP contribution is -2.16. The van der Waals surface area contributed by atoms with Gasteiger partial charge in [-0.15, -0.1) is 0 Å². The van der Waals surface area contributed by atoms with Crippen molar-refractivity contribution in [3.8, 4) is 5.88 Å². The number of hydrogen-bond donors (Lipinski definition) is 1. The minimum atomic E-state index is 0.171. The number of ether oxygens (including phenoxy) is 1. The molecule has 0 amide bonds. The van der Waals surface area contributed by atoms with Crippen molar-refractivity contribution in [3.05, 3.63) is 23.4 Å². The monoisotopic (exact) mass is 248 g/mol. The van der Waals surface area contributed by atoms with E-state index in [-0.39, 0.29) is 6.10 Å². The quantitative estimate of drug-likeness (QED) is 0.839. The van der Waals surface area contributed by atoms with Gasteiger partial charge in [0.1, 0.15) is 0 Å². The second-order valence-electron chi connectivity index (χ2n) is 5.71. The second kappa shape index (κ2) is 5.70. The van der Waals surface area contributed by atoms with E-state index in [1.54, 1.807) is 0 Å². The summed E-state index contributed by atoms with van der Waals surface area (Å²) in [5.41, 5.74) is 2.39. The van der Waals surface area contributed by atoms with Crippen LogP contribution in [0.5, 0.6) is 5.88 Å². The van der Waals surface area contributed by atoms with E-state index in [9.17, 15) is 0 Å². The predicted octanol–water partition coefficient (Wildman–Crippen LogP) is 3.24. The molecular weight excluding hydrogens is 224 g/mol. The smallest absolute Gasteiger partial charge is 0.214 e. The third kappa shape index (κ3) is 3.98. The fourth-order valence-electron chi connectivity index (χ4n) is 1.83. The van der Waals surface area contributed by atoms with E-state index >= 15 is 0 Å². The van der Waals surface area contributed by atoms with Gasteiger partial charge in [-0.3, -0.25) is 0 Å². The molecule has 1 saturated carbocycles. The van der Waals surface area contributed by atoms with E-state index < -0.39 is 0 Å². The SMILES string of the molecule is CC(C)Oc1cc(CNC2CC2)cc(C(C)C)n1. The van der Waals surface area contributed by atoms with Crippen molar-refractivity contribution >= 4 is 0 Å². The lowest BCUT2D eigenvalue weighted by Gasteiger charge is -2.14. The van der Waals surface area contributed by atoms with Gasteiger partial charge in [-0.25, -0.2) is 4.98 Å². The Kier molecular flexibility index (Phi) is 4.23. The third-order valence-electron chi connectivity index (χ3n) is 3.00. The molecule has 3 nitrogen and oxygen atoms in total. The Morgan fingerprint density at radius 1 is 1.28 bits per heavy atom. The van der Waals surface area contributed by atoms with Crippen molar-refractivity contribution in [2.75, 3.05) is 0 Å². The molecule has 1 aliphatic carbocycles. The molecule has 3 heteroatoms. The third-order valence-corrected chi connectivity index (χ3v) is 3.00. The van der Waals surface area contributed by atoms with Crippen molar-refractivity contribution in [2.24, 2.45) is 0 Å². The molecule has 1 aromatic heterocycles. The summed E-state index contributed by atoms with van der Waals surface area (Å²) in [5.74, 6) is 1.18. The molecule has 0 radical (unpaired) electrons. The van der Waals surface area contributed by atoms with Crippen LogP contribution >= 0.6 is 0 Å². The minimum Gasteiger partial charge on any atom is -0.475 e. The standard InChI is InChI=1S/C15H24N2O/c1-10(2)14-7-12(9-16-13-5-6-13)8-15(17-14)18-11(3)4/h7-8,10-11,13,16H,5-6,9H2,1-4H3. The maximum atomic E-state index is 5.73. The largest absolute Gasteiger partial charge is 0.475 e. The highest BCUT2D eigenvalue weighted by Gasteiger charge is 2.20. The molecule has 1 fully saturated rings. The van der Waals surface area contributed by atoms with E-state index in [0.29, 0.717) is 5.92 Å². The highest BCUT2D eigenvalue weighted by molar-refractivity contribution is 5.27. The molecule has 0 aliphatic heterocycles. The van der Waals surface area contributed by atoms with Crippen LogP contribution in [-0.4, -0.2) is 17.1 Å². The molecule has 1 aliphatic rings. The molecule has 100 valence electrons. The van der Waals surface area contributed by atoms with Crippen LogP contribution in [0.2, 0.25) is 0 Å². The molecule has 0 unspecified atom stereocenters. The number of nitrogens with zero attached hydrogens (tertiary/aromatic N) is 1. The first-order valence-electron chi connectivity index (χ1n) is 6.95. The maximum absolute atomic E-state index is 5.73. The van der Waals surface area contributed by atoms with Crippen LogP contribution < -0.4 is 10.1 Å². The molecule has 0 bridgehead atoms. The van der Waals surface area contributed by atoms with Crippen molar-refractivity contribution in [3.63, 3.8) is 0 Å². The Morgan fingerprint density at radius 2 is 2.00 bits per heavy atom. The summed E-state index contributed by atoms with van der Waals surface area (Å²) >= 11 is 0. The normalized spacial score (nSPS) is 15.4. The summed E-state index contributed by atoms with van der Waals surface area (Å²) < 4.78 is 5.73. The minimum absolute atomic E-state index is 0.171. The first-order valence-corrected chi connectivity index (χ1v) is 6.95. The molecule has 2 rings (SSSR count). The summed E-state index contributed by atoms with van der Waals surface area (Å²) in [7, 11) is 0. The number of hydrogen-bond acceptors (Lipinski definition) is 3. The predicted molar refractivity (Wildman–Crippen MR) is 74.0 cm³/mol. The molecule has 0 atom stereocenters. The topological polar surface area (TPSA) is 34.1 Å². The molecule has 1 aromatic rings. The van der Waals surface area contributed by atoms with Crippen molar-refractivity contribution in [2.45, 2.75) is 65.1 Å². The summed E-state index contributed by atoms with van der Waals surface area (Å²) in [6.45, 7) is 9.32. The zero-order chi connectivity index (χ0) is 13.1. The van der Waals surface area contributed by atoms with Gasteiger partial charge in [-0.2, -0.15) is 0 Å². The first kappa shape index (κ1) is 13.3. The highest BCUT2D eigenvalue weighted by atomic mass is 16.5. The van der Waals surface area contributed by atoms with Crippen molar-refractivity contribution in [1.29, 1.82) is 0 Å². The van der Waals surface area contributed by atoms with Gasteiger partial charge in [-0.05, 0) is 44.2 Å². The Morgan fingerprint density at radius 3 is 2.56 bits per heavy atom. The van der Waals surface area contributed by atoms with Gasteiger partial charge in [0.25, 0.3) is 0 Å². The van der Waals surface area contributed by atoms with E-state index in [4.69, 9.17) is 4.74 Å². The van der Waals surface area contributed by atoms with Crippen LogP contribution in [-0.2, 0) is 6.54 Å². The summed E-state index contributed by atoms with van der Waals surface area (Å²) in [4.78, 5) is 4.57. The van der Waals surface area contributed by atoms with Crippen molar-refractivity contribution in [1.82, 2.24) is 10.3 Å². The van der Waals surface area contributed by atoms with E-state index in [1.165, 1.54) is 18.4 Å². The molecule has 0 aromatic carbocycles. The Labute approximate surface area is 110 Å². The molecular formula is C15H24N2O. The molecule has 0 spiro atoms. The van der Waals surface area contributed by atoms with Gasteiger partial charge in [0.05, 0.1) is 6.10 Å². The van der Waals surface area contributed by atoms with Crippen molar-refractivity contribution < 1.29 is 4.74 Å². The summed E-state index contributed by atoms with van der Waals surface area (Å²) in [6.07, 6.45) is 2.80. The van der Waals surface area contributed by atoms with Gasteiger partial charge in [0, 0.05) is 24.3 Å². The van der Waals surface area contributed by atoms with Crippen LogP contribution in [0.3, 0.4) is 0 Å². The zero-order valence-corrected chi connectivity index (χ0v) is 11.9. The molecule has 18 heavy (non-hydrogen) atoms. The zero-order valence-electron chi connectivity index (χ0n) is 11.9. The lowest BCUT2D eigenvalue weighted by atomic mass is 10.1. The van der Waals surface area contributed by atoms with Crippen LogP contribution in [0, 0.1) is 0 Å². The number of rotatable bonds is 6. The van der Waals surface area contributed by atoms with Gasteiger partial charge >= 0.3 is 0 Å². The van der Waals surface area contributed by atoms with Crippen LogP contribution in [0.25, 0.3) is 0 Å². The van der Waals surface area contributed by atoms with E-state index in [2.05, 4.69) is 36.3 Å². The van der Waals surface area contributed by atoms with Gasteiger partial charge in [0.15, 0.2) is 0 Å². The second-order valence-corrected chi connectivity index (χ2v) is 5.71. The molecule has 1 heterocycles. The Bertz CT molecular complexity index is 397.